The monoisotopic (exact) mass is 339 g/mol. The molecule has 1 unspecified atom stereocenters. The molecular weight excluding hydrogens is 324 g/mol. The third-order valence-electron chi connectivity index (χ3n) is 3.13. The zero-order chi connectivity index (χ0) is 14.7. The van der Waals surface area contributed by atoms with Crippen molar-refractivity contribution in [2.45, 2.75) is 19.9 Å². The maximum atomic E-state index is 13.9. The first-order chi connectivity index (χ1) is 9.49. The van der Waals surface area contributed by atoms with Crippen molar-refractivity contribution in [3.8, 4) is 0 Å². The van der Waals surface area contributed by atoms with Crippen molar-refractivity contribution in [2.24, 2.45) is 5.92 Å². The highest BCUT2D eigenvalue weighted by atomic mass is 79.9. The second-order valence-corrected chi connectivity index (χ2v) is 5.88. The Morgan fingerprint density at radius 1 is 1.05 bits per heavy atom. The summed E-state index contributed by atoms with van der Waals surface area (Å²) in [5, 5.41) is 3.17. The molecule has 2 rings (SSSR count). The van der Waals surface area contributed by atoms with Crippen molar-refractivity contribution in [3.05, 3.63) is 64.1 Å². The number of nitrogens with one attached hydrogen (secondary N) is 1. The quantitative estimate of drug-likeness (QED) is 0.771. The maximum Gasteiger partial charge on any atom is 0.150 e. The summed E-state index contributed by atoms with van der Waals surface area (Å²) in [6, 6.07) is 11.9. The molecule has 0 bridgehead atoms. The Hall–Kier alpha value is -1.42. The largest absolute Gasteiger partial charge is 0.375 e. The van der Waals surface area contributed by atoms with E-state index in [1.54, 1.807) is 0 Å². The van der Waals surface area contributed by atoms with Crippen LogP contribution < -0.4 is 5.32 Å². The van der Waals surface area contributed by atoms with Crippen LogP contribution in [0.4, 0.5) is 14.5 Å². The van der Waals surface area contributed by atoms with Crippen LogP contribution in [0.15, 0.2) is 46.9 Å². The fraction of sp³-hybridized carbons (Fsp3) is 0.250. The number of rotatable bonds is 4. The molecule has 0 aliphatic rings. The number of hydrogen-bond donors (Lipinski definition) is 1. The van der Waals surface area contributed by atoms with Gasteiger partial charge in [0.15, 0.2) is 0 Å². The van der Waals surface area contributed by atoms with Gasteiger partial charge in [-0.15, -0.1) is 0 Å². The topological polar surface area (TPSA) is 12.0 Å². The molecule has 0 aromatic heterocycles. The standard InChI is InChI=1S/C16H16BrF2N/c1-10(2)15(11-6-4-3-5-7-11)20-16-13(17)8-12(18)9-14(16)19/h3-10,15,20H,1-2H3. The van der Waals surface area contributed by atoms with Gasteiger partial charge in [0.2, 0.25) is 0 Å². The zero-order valence-corrected chi connectivity index (χ0v) is 12.9. The normalized spacial score (nSPS) is 12.5. The van der Waals surface area contributed by atoms with Crippen LogP contribution in [0.25, 0.3) is 0 Å². The lowest BCUT2D eigenvalue weighted by Crippen LogP contribution is -2.18. The lowest BCUT2D eigenvalue weighted by atomic mass is 9.96. The van der Waals surface area contributed by atoms with Gasteiger partial charge < -0.3 is 5.32 Å². The van der Waals surface area contributed by atoms with Crippen LogP contribution in [0.5, 0.6) is 0 Å². The first-order valence-corrected chi connectivity index (χ1v) is 7.24. The molecule has 0 aliphatic carbocycles. The predicted molar refractivity (Wildman–Crippen MR) is 81.7 cm³/mol. The minimum absolute atomic E-state index is 0.0486. The van der Waals surface area contributed by atoms with Gasteiger partial charge in [-0.2, -0.15) is 0 Å². The second-order valence-electron chi connectivity index (χ2n) is 5.02. The highest BCUT2D eigenvalue weighted by Gasteiger charge is 2.19. The van der Waals surface area contributed by atoms with Crippen LogP contribution in [0.3, 0.4) is 0 Å². The smallest absolute Gasteiger partial charge is 0.150 e. The van der Waals surface area contributed by atoms with Gasteiger partial charge in [-0.25, -0.2) is 8.78 Å². The number of hydrogen-bond acceptors (Lipinski definition) is 1. The molecule has 0 saturated heterocycles. The Morgan fingerprint density at radius 2 is 1.70 bits per heavy atom. The van der Waals surface area contributed by atoms with Crippen LogP contribution in [0, 0.1) is 17.6 Å². The van der Waals surface area contributed by atoms with Gasteiger partial charge in [0, 0.05) is 10.5 Å². The SMILES string of the molecule is CC(C)C(Nc1c(F)cc(F)cc1Br)c1ccccc1. The molecule has 20 heavy (non-hydrogen) atoms. The van der Waals surface area contributed by atoms with E-state index in [9.17, 15) is 8.78 Å². The molecule has 0 heterocycles. The molecule has 4 heteroatoms. The summed E-state index contributed by atoms with van der Waals surface area (Å²) in [7, 11) is 0. The van der Waals surface area contributed by atoms with Gasteiger partial charge >= 0.3 is 0 Å². The summed E-state index contributed by atoms with van der Waals surface area (Å²) in [5.41, 5.74) is 1.35. The van der Waals surface area contributed by atoms with E-state index < -0.39 is 11.6 Å². The molecule has 1 atom stereocenters. The molecule has 0 radical (unpaired) electrons. The molecule has 0 saturated carbocycles. The summed E-state index contributed by atoms with van der Waals surface area (Å²) in [6.45, 7) is 4.11. The third kappa shape index (κ3) is 3.37. The van der Waals surface area contributed by atoms with Crippen molar-refractivity contribution in [1.82, 2.24) is 0 Å². The lowest BCUT2D eigenvalue weighted by molar-refractivity contribution is 0.536. The predicted octanol–water partition coefficient (Wildman–Crippen LogP) is 5.54. The zero-order valence-electron chi connectivity index (χ0n) is 11.3. The van der Waals surface area contributed by atoms with Crippen LogP contribution in [-0.2, 0) is 0 Å². The van der Waals surface area contributed by atoms with Crippen LogP contribution >= 0.6 is 15.9 Å². The summed E-state index contributed by atoms with van der Waals surface area (Å²) >= 11 is 3.21. The fourth-order valence-corrected chi connectivity index (χ4v) is 2.65. The van der Waals surface area contributed by atoms with E-state index >= 15 is 0 Å². The fourth-order valence-electron chi connectivity index (χ4n) is 2.13. The molecule has 0 spiro atoms. The van der Waals surface area contributed by atoms with E-state index in [-0.39, 0.29) is 17.6 Å². The average Bonchev–Trinajstić information content (AvgIpc) is 2.38. The van der Waals surface area contributed by atoms with Gasteiger partial charge in [0.25, 0.3) is 0 Å². The molecule has 2 aromatic rings. The minimum atomic E-state index is -0.599. The molecule has 1 N–H and O–H groups in total. The Bertz CT molecular complexity index is 561. The highest BCUT2D eigenvalue weighted by Crippen LogP contribution is 2.33. The van der Waals surface area contributed by atoms with Gasteiger partial charge in [-0.05, 0) is 33.5 Å². The lowest BCUT2D eigenvalue weighted by Gasteiger charge is -2.25. The number of halogens is 3. The van der Waals surface area contributed by atoms with Crippen LogP contribution in [0.1, 0.15) is 25.5 Å². The van der Waals surface area contributed by atoms with E-state index in [2.05, 4.69) is 35.1 Å². The van der Waals surface area contributed by atoms with Crippen molar-refractivity contribution < 1.29 is 8.78 Å². The summed E-state index contributed by atoms with van der Waals surface area (Å²) < 4.78 is 27.4. The third-order valence-corrected chi connectivity index (χ3v) is 3.76. The van der Waals surface area contributed by atoms with E-state index in [0.717, 1.165) is 11.6 Å². The van der Waals surface area contributed by atoms with Crippen molar-refractivity contribution in [2.75, 3.05) is 5.32 Å². The van der Waals surface area contributed by atoms with Gasteiger partial charge in [0.1, 0.15) is 11.6 Å². The minimum Gasteiger partial charge on any atom is -0.375 e. The van der Waals surface area contributed by atoms with Crippen molar-refractivity contribution >= 4 is 21.6 Å². The van der Waals surface area contributed by atoms with E-state index in [1.807, 2.05) is 30.3 Å². The molecule has 1 nitrogen and oxygen atoms in total. The Labute approximate surface area is 126 Å². The van der Waals surface area contributed by atoms with Crippen molar-refractivity contribution in [3.63, 3.8) is 0 Å². The molecule has 0 fully saturated rings. The molecule has 0 aliphatic heterocycles. The number of benzene rings is 2. The van der Waals surface area contributed by atoms with Crippen LogP contribution in [0.2, 0.25) is 0 Å². The van der Waals surface area contributed by atoms with Gasteiger partial charge in [-0.3, -0.25) is 0 Å². The summed E-state index contributed by atoms with van der Waals surface area (Å²) in [5.74, 6) is -0.937. The van der Waals surface area contributed by atoms with E-state index in [1.165, 1.54) is 6.07 Å². The Morgan fingerprint density at radius 3 is 2.25 bits per heavy atom. The van der Waals surface area contributed by atoms with Gasteiger partial charge in [-0.1, -0.05) is 44.2 Å². The maximum absolute atomic E-state index is 13.9. The van der Waals surface area contributed by atoms with Gasteiger partial charge in [0.05, 0.1) is 11.7 Å². The number of anilines is 1. The second kappa shape index (κ2) is 6.35. The molecule has 0 amide bonds. The first-order valence-electron chi connectivity index (χ1n) is 6.45. The average molecular weight is 340 g/mol. The Kier molecular flexibility index (Phi) is 4.76. The Balaban J connectivity index is 2.35. The summed E-state index contributed by atoms with van der Waals surface area (Å²) in [6.07, 6.45) is 0. The van der Waals surface area contributed by atoms with Crippen molar-refractivity contribution in [1.29, 1.82) is 0 Å². The first kappa shape index (κ1) is 15.0. The molecular formula is C16H16BrF2N. The van der Waals surface area contributed by atoms with E-state index in [4.69, 9.17) is 0 Å². The van der Waals surface area contributed by atoms with Crippen LogP contribution in [-0.4, -0.2) is 0 Å². The van der Waals surface area contributed by atoms with E-state index in [0.29, 0.717) is 4.47 Å². The highest BCUT2D eigenvalue weighted by molar-refractivity contribution is 9.10. The molecule has 106 valence electrons. The summed E-state index contributed by atoms with van der Waals surface area (Å²) in [4.78, 5) is 0. The molecule has 2 aromatic carbocycles.